The van der Waals surface area contributed by atoms with E-state index in [-0.39, 0.29) is 11.4 Å². The molecule has 0 aliphatic heterocycles. The monoisotopic (exact) mass is 334 g/mol. The van der Waals surface area contributed by atoms with E-state index in [0.717, 1.165) is 11.8 Å². The zero-order valence-electron chi connectivity index (χ0n) is 13.6. The largest absolute Gasteiger partial charge is 0.493 e. The molecule has 1 heterocycles. The topological polar surface area (TPSA) is 109 Å². The Kier molecular flexibility index (Phi) is 5.35. The standard InChI is InChI=1S/C15H18N4O5/c1-18-14(11(9-17-18)19(21)22)15(20)16-7-6-10-4-5-12(23-2)13(8-10)24-3/h4-5,8-9H,6-7H2,1-3H3,(H,16,20). The van der Waals surface area contributed by atoms with Gasteiger partial charge in [0.1, 0.15) is 6.20 Å². The van der Waals surface area contributed by atoms with E-state index >= 15 is 0 Å². The lowest BCUT2D eigenvalue weighted by Gasteiger charge is -2.10. The van der Waals surface area contributed by atoms with Crippen molar-refractivity contribution in [3.8, 4) is 11.5 Å². The molecule has 24 heavy (non-hydrogen) atoms. The van der Waals surface area contributed by atoms with Crippen molar-refractivity contribution >= 4 is 11.6 Å². The highest BCUT2D eigenvalue weighted by Gasteiger charge is 2.25. The first-order valence-corrected chi connectivity index (χ1v) is 7.13. The fourth-order valence-corrected chi connectivity index (χ4v) is 2.26. The number of aryl methyl sites for hydroxylation is 1. The van der Waals surface area contributed by atoms with Crippen molar-refractivity contribution in [3.05, 3.63) is 45.8 Å². The molecule has 0 fully saturated rings. The average molecular weight is 334 g/mol. The number of rotatable bonds is 7. The van der Waals surface area contributed by atoms with Crippen molar-refractivity contribution in [2.75, 3.05) is 20.8 Å². The molecule has 0 aliphatic rings. The number of hydrogen-bond donors (Lipinski definition) is 1. The second-order valence-corrected chi connectivity index (χ2v) is 4.95. The number of carbonyl (C=O) groups excluding carboxylic acids is 1. The van der Waals surface area contributed by atoms with Crippen LogP contribution in [0.25, 0.3) is 0 Å². The normalized spacial score (nSPS) is 10.3. The van der Waals surface area contributed by atoms with E-state index in [4.69, 9.17) is 9.47 Å². The van der Waals surface area contributed by atoms with Crippen LogP contribution in [-0.4, -0.2) is 41.4 Å². The summed E-state index contributed by atoms with van der Waals surface area (Å²) in [6, 6.07) is 5.46. The van der Waals surface area contributed by atoms with Crippen LogP contribution in [0.1, 0.15) is 16.1 Å². The molecule has 0 bridgehead atoms. The maximum absolute atomic E-state index is 12.1. The number of nitro groups is 1. The van der Waals surface area contributed by atoms with Crippen LogP contribution in [0.15, 0.2) is 24.4 Å². The van der Waals surface area contributed by atoms with Crippen molar-refractivity contribution in [1.82, 2.24) is 15.1 Å². The van der Waals surface area contributed by atoms with Crippen molar-refractivity contribution in [2.45, 2.75) is 6.42 Å². The lowest BCUT2D eigenvalue weighted by atomic mass is 10.1. The fourth-order valence-electron chi connectivity index (χ4n) is 2.26. The highest BCUT2D eigenvalue weighted by atomic mass is 16.6. The Morgan fingerprint density at radius 1 is 1.33 bits per heavy atom. The third kappa shape index (κ3) is 3.62. The predicted octanol–water partition coefficient (Wildman–Crippen LogP) is 1.32. The minimum absolute atomic E-state index is 0.0766. The first-order valence-electron chi connectivity index (χ1n) is 7.13. The van der Waals surface area contributed by atoms with E-state index < -0.39 is 10.8 Å². The summed E-state index contributed by atoms with van der Waals surface area (Å²) in [5.41, 5.74) is 0.542. The molecule has 0 atom stereocenters. The molecule has 1 aromatic carbocycles. The number of amides is 1. The summed E-state index contributed by atoms with van der Waals surface area (Å²) in [6.07, 6.45) is 1.60. The maximum Gasteiger partial charge on any atom is 0.320 e. The van der Waals surface area contributed by atoms with Crippen LogP contribution >= 0.6 is 0 Å². The van der Waals surface area contributed by atoms with Gasteiger partial charge in [0.15, 0.2) is 11.5 Å². The van der Waals surface area contributed by atoms with Crippen molar-refractivity contribution in [1.29, 1.82) is 0 Å². The summed E-state index contributed by atoms with van der Waals surface area (Å²) in [4.78, 5) is 22.4. The molecule has 1 aromatic heterocycles. The van der Waals surface area contributed by atoms with Gasteiger partial charge in [-0.3, -0.25) is 19.6 Å². The van der Waals surface area contributed by atoms with Gasteiger partial charge in [-0.05, 0) is 24.1 Å². The molecule has 0 spiro atoms. The molecule has 0 radical (unpaired) electrons. The minimum atomic E-state index is -0.629. The zero-order valence-corrected chi connectivity index (χ0v) is 13.6. The summed E-state index contributed by atoms with van der Waals surface area (Å²) >= 11 is 0. The van der Waals surface area contributed by atoms with Gasteiger partial charge >= 0.3 is 5.69 Å². The van der Waals surface area contributed by atoms with Gasteiger partial charge in [0.05, 0.1) is 19.1 Å². The Balaban J connectivity index is 2.01. The van der Waals surface area contributed by atoms with E-state index in [1.54, 1.807) is 20.3 Å². The van der Waals surface area contributed by atoms with E-state index in [0.29, 0.717) is 24.5 Å². The second kappa shape index (κ2) is 7.44. The van der Waals surface area contributed by atoms with E-state index in [9.17, 15) is 14.9 Å². The van der Waals surface area contributed by atoms with Gasteiger partial charge in [-0.2, -0.15) is 5.10 Å². The average Bonchev–Trinajstić information content (AvgIpc) is 2.96. The molecule has 9 heteroatoms. The van der Waals surface area contributed by atoms with Crippen LogP contribution in [-0.2, 0) is 13.5 Å². The van der Waals surface area contributed by atoms with Crippen molar-refractivity contribution < 1.29 is 19.2 Å². The quantitative estimate of drug-likeness (QED) is 0.604. The Morgan fingerprint density at radius 3 is 2.67 bits per heavy atom. The van der Waals surface area contributed by atoms with Crippen LogP contribution in [0.3, 0.4) is 0 Å². The molecule has 2 aromatic rings. The first-order chi connectivity index (χ1) is 11.5. The molecule has 1 amide bonds. The summed E-state index contributed by atoms with van der Waals surface area (Å²) < 4.78 is 11.6. The number of ether oxygens (including phenoxy) is 2. The van der Waals surface area contributed by atoms with E-state index in [2.05, 4.69) is 10.4 Å². The van der Waals surface area contributed by atoms with Gasteiger partial charge in [0, 0.05) is 13.6 Å². The van der Waals surface area contributed by atoms with Crippen molar-refractivity contribution in [2.24, 2.45) is 7.05 Å². The third-order valence-corrected chi connectivity index (χ3v) is 3.48. The molecule has 0 unspecified atom stereocenters. The summed E-state index contributed by atoms with van der Waals surface area (Å²) in [5.74, 6) is 0.682. The minimum Gasteiger partial charge on any atom is -0.493 e. The molecule has 9 nitrogen and oxygen atoms in total. The van der Waals surface area contributed by atoms with Gasteiger partial charge in [-0.25, -0.2) is 0 Å². The van der Waals surface area contributed by atoms with Crippen LogP contribution in [0.2, 0.25) is 0 Å². The van der Waals surface area contributed by atoms with Crippen LogP contribution in [0.4, 0.5) is 5.69 Å². The second-order valence-electron chi connectivity index (χ2n) is 4.95. The van der Waals surface area contributed by atoms with Gasteiger partial charge in [0.25, 0.3) is 5.91 Å². The smallest absolute Gasteiger partial charge is 0.320 e. The van der Waals surface area contributed by atoms with E-state index in [1.165, 1.54) is 11.7 Å². The van der Waals surface area contributed by atoms with Gasteiger partial charge < -0.3 is 14.8 Å². The lowest BCUT2D eigenvalue weighted by molar-refractivity contribution is -0.385. The zero-order chi connectivity index (χ0) is 17.7. The van der Waals surface area contributed by atoms with Crippen molar-refractivity contribution in [3.63, 3.8) is 0 Å². The summed E-state index contributed by atoms with van der Waals surface area (Å²) in [7, 11) is 4.58. The maximum atomic E-state index is 12.1. The first kappa shape index (κ1) is 17.3. The number of hydrogen-bond acceptors (Lipinski definition) is 6. The number of aromatic nitrogens is 2. The van der Waals surface area contributed by atoms with Gasteiger partial charge in [0.2, 0.25) is 5.69 Å². The van der Waals surface area contributed by atoms with Crippen LogP contribution in [0, 0.1) is 10.1 Å². The number of methoxy groups -OCH3 is 2. The Hall–Kier alpha value is -3.10. The SMILES string of the molecule is COc1ccc(CCNC(=O)c2c([N+](=O)[O-])cnn2C)cc1OC. The number of carbonyl (C=O) groups is 1. The Labute approximate surface area is 138 Å². The molecular formula is C15H18N4O5. The molecule has 128 valence electrons. The highest BCUT2D eigenvalue weighted by Crippen LogP contribution is 2.27. The summed E-state index contributed by atoms with van der Waals surface area (Å²) in [6.45, 7) is 0.316. The highest BCUT2D eigenvalue weighted by molar-refractivity contribution is 5.96. The van der Waals surface area contributed by atoms with Gasteiger partial charge in [-0.1, -0.05) is 6.07 Å². The lowest BCUT2D eigenvalue weighted by Crippen LogP contribution is -2.28. The fraction of sp³-hybridized carbons (Fsp3) is 0.333. The molecule has 1 N–H and O–H groups in total. The molecule has 2 rings (SSSR count). The number of benzene rings is 1. The molecular weight excluding hydrogens is 316 g/mol. The number of nitrogens with zero attached hydrogens (tertiary/aromatic N) is 3. The van der Waals surface area contributed by atoms with Crippen LogP contribution in [0.5, 0.6) is 11.5 Å². The Bertz CT molecular complexity index is 756. The molecule has 0 aliphatic carbocycles. The Morgan fingerprint density at radius 2 is 2.04 bits per heavy atom. The van der Waals surface area contributed by atoms with E-state index in [1.807, 2.05) is 12.1 Å². The van der Waals surface area contributed by atoms with Crippen LogP contribution < -0.4 is 14.8 Å². The predicted molar refractivity (Wildman–Crippen MR) is 85.4 cm³/mol. The third-order valence-electron chi connectivity index (χ3n) is 3.48. The molecule has 0 saturated heterocycles. The van der Waals surface area contributed by atoms with Gasteiger partial charge in [-0.15, -0.1) is 0 Å². The molecule has 0 saturated carbocycles. The summed E-state index contributed by atoms with van der Waals surface area (Å²) in [5, 5.41) is 17.3. The number of nitrogens with one attached hydrogen (secondary N) is 1.